The van der Waals surface area contributed by atoms with Crippen molar-refractivity contribution in [3.8, 4) is 6.07 Å². The molecule has 1 amide bonds. The summed E-state index contributed by atoms with van der Waals surface area (Å²) in [5, 5.41) is 10.2. The molecule has 25 heavy (non-hydrogen) atoms. The van der Waals surface area contributed by atoms with Crippen molar-refractivity contribution < 1.29 is 9.53 Å². The summed E-state index contributed by atoms with van der Waals surface area (Å²) in [6.07, 6.45) is 3.20. The lowest BCUT2D eigenvalue weighted by atomic mass is 9.85. The Hall–Kier alpha value is -2.07. The van der Waals surface area contributed by atoms with E-state index in [4.69, 9.17) is 4.74 Å². The largest absolute Gasteiger partial charge is 0.444 e. The number of ether oxygens (including phenoxy) is 1. The van der Waals surface area contributed by atoms with E-state index in [1.165, 1.54) is 0 Å². The summed E-state index contributed by atoms with van der Waals surface area (Å²) in [5.74, 6) is 0. The molecule has 2 aromatic rings. The van der Waals surface area contributed by atoms with Gasteiger partial charge in [-0.15, -0.1) is 0 Å². The molecule has 0 radical (unpaired) electrons. The van der Waals surface area contributed by atoms with E-state index >= 15 is 0 Å². The molecule has 0 aliphatic heterocycles. The highest BCUT2D eigenvalue weighted by atomic mass is 79.9. The highest BCUT2D eigenvalue weighted by molar-refractivity contribution is 9.10. The molecule has 0 bridgehead atoms. The standard InChI is InChI=1S/C18H21BrN4O2/c1-18(2,3)25-17(24)22(4)12-7-13(8-12)23-10-11(9-20)14-5-6-15(19)21-16(14)23/h5-6,10,12-13H,7-8H2,1-4H3/t12-,13-. The predicted molar refractivity (Wildman–Crippen MR) is 98.2 cm³/mol. The number of carbonyl (C=O) groups excluding carboxylic acids is 1. The Bertz CT molecular complexity index is 856. The first-order valence-electron chi connectivity index (χ1n) is 8.22. The normalized spacial score (nSPS) is 20.0. The first-order chi connectivity index (χ1) is 11.7. The molecule has 3 rings (SSSR count). The van der Waals surface area contributed by atoms with E-state index in [1.54, 1.807) is 11.9 Å². The van der Waals surface area contributed by atoms with Crippen LogP contribution in [0.25, 0.3) is 11.0 Å². The minimum Gasteiger partial charge on any atom is -0.444 e. The Kier molecular flexibility index (Phi) is 4.50. The lowest BCUT2D eigenvalue weighted by molar-refractivity contribution is 0.00809. The van der Waals surface area contributed by atoms with Crippen LogP contribution < -0.4 is 0 Å². The van der Waals surface area contributed by atoms with Crippen molar-refractivity contribution in [1.82, 2.24) is 14.5 Å². The molecule has 2 aromatic heterocycles. The fourth-order valence-electron chi connectivity index (χ4n) is 3.05. The molecule has 1 aliphatic carbocycles. The van der Waals surface area contributed by atoms with Crippen molar-refractivity contribution in [2.24, 2.45) is 0 Å². The van der Waals surface area contributed by atoms with Crippen LogP contribution in [0.15, 0.2) is 22.9 Å². The number of amides is 1. The number of aromatic nitrogens is 2. The van der Waals surface area contributed by atoms with Crippen molar-refractivity contribution in [1.29, 1.82) is 5.26 Å². The lowest BCUT2D eigenvalue weighted by Crippen LogP contribution is -2.47. The Morgan fingerprint density at radius 3 is 2.72 bits per heavy atom. The van der Waals surface area contributed by atoms with Crippen LogP contribution in [0.4, 0.5) is 4.79 Å². The monoisotopic (exact) mass is 404 g/mol. The molecule has 0 aromatic carbocycles. The van der Waals surface area contributed by atoms with E-state index in [1.807, 2.05) is 39.1 Å². The molecule has 2 heterocycles. The van der Waals surface area contributed by atoms with Crippen LogP contribution in [-0.2, 0) is 4.74 Å². The van der Waals surface area contributed by atoms with Gasteiger partial charge in [0, 0.05) is 30.7 Å². The zero-order valence-electron chi connectivity index (χ0n) is 14.8. The van der Waals surface area contributed by atoms with E-state index < -0.39 is 5.60 Å². The van der Waals surface area contributed by atoms with Gasteiger partial charge in [0.05, 0.1) is 5.56 Å². The molecule has 132 valence electrons. The third-order valence-electron chi connectivity index (χ3n) is 4.48. The van der Waals surface area contributed by atoms with Crippen molar-refractivity contribution in [2.45, 2.75) is 51.3 Å². The van der Waals surface area contributed by atoms with Crippen LogP contribution >= 0.6 is 15.9 Å². The van der Waals surface area contributed by atoms with Gasteiger partial charge in [-0.2, -0.15) is 5.26 Å². The summed E-state index contributed by atoms with van der Waals surface area (Å²) in [4.78, 5) is 18.4. The van der Waals surface area contributed by atoms with Gasteiger partial charge in [-0.25, -0.2) is 9.78 Å². The van der Waals surface area contributed by atoms with Gasteiger partial charge in [-0.3, -0.25) is 0 Å². The Balaban J connectivity index is 1.75. The van der Waals surface area contributed by atoms with E-state index in [0.29, 0.717) is 5.56 Å². The molecule has 0 N–H and O–H groups in total. The number of hydrogen-bond donors (Lipinski definition) is 0. The summed E-state index contributed by atoms with van der Waals surface area (Å²) in [5.41, 5.74) is 0.927. The number of pyridine rings is 1. The predicted octanol–water partition coefficient (Wildman–Crippen LogP) is 4.24. The number of carbonyl (C=O) groups is 1. The minimum atomic E-state index is -0.497. The Morgan fingerprint density at radius 2 is 2.12 bits per heavy atom. The molecule has 1 aliphatic rings. The maximum absolute atomic E-state index is 12.2. The molecule has 0 atom stereocenters. The molecule has 0 unspecified atom stereocenters. The summed E-state index contributed by atoms with van der Waals surface area (Å²) < 4.78 is 8.22. The Labute approximate surface area is 155 Å². The van der Waals surface area contributed by atoms with Gasteiger partial charge in [-0.1, -0.05) is 0 Å². The van der Waals surface area contributed by atoms with Gasteiger partial charge < -0.3 is 14.2 Å². The summed E-state index contributed by atoms with van der Waals surface area (Å²) in [6.45, 7) is 5.59. The summed E-state index contributed by atoms with van der Waals surface area (Å²) in [6, 6.07) is 6.34. The Morgan fingerprint density at radius 1 is 1.44 bits per heavy atom. The molecule has 6 nitrogen and oxygen atoms in total. The van der Waals surface area contributed by atoms with Crippen LogP contribution in [0.2, 0.25) is 0 Å². The second-order valence-corrected chi connectivity index (χ2v) is 8.25. The quantitative estimate of drug-likeness (QED) is 0.701. The van der Waals surface area contributed by atoms with Crippen molar-refractivity contribution in [2.75, 3.05) is 7.05 Å². The number of nitrogens with zero attached hydrogens (tertiary/aromatic N) is 4. The zero-order valence-corrected chi connectivity index (χ0v) is 16.4. The maximum Gasteiger partial charge on any atom is 0.410 e. The topological polar surface area (TPSA) is 71.2 Å². The molecule has 7 heteroatoms. The third-order valence-corrected chi connectivity index (χ3v) is 4.92. The van der Waals surface area contributed by atoms with Crippen LogP contribution in [0, 0.1) is 11.3 Å². The first-order valence-corrected chi connectivity index (χ1v) is 9.02. The number of halogens is 1. The maximum atomic E-state index is 12.2. The van der Waals surface area contributed by atoms with E-state index in [9.17, 15) is 10.1 Å². The van der Waals surface area contributed by atoms with Gasteiger partial charge in [0.15, 0.2) is 0 Å². The number of nitriles is 1. The highest BCUT2D eigenvalue weighted by Gasteiger charge is 2.37. The minimum absolute atomic E-state index is 0.134. The fraction of sp³-hybridized carbons (Fsp3) is 0.500. The average molecular weight is 405 g/mol. The van der Waals surface area contributed by atoms with Crippen molar-refractivity contribution in [3.05, 3.63) is 28.5 Å². The third kappa shape index (κ3) is 3.49. The number of rotatable bonds is 2. The van der Waals surface area contributed by atoms with Crippen LogP contribution in [0.5, 0.6) is 0 Å². The lowest BCUT2D eigenvalue weighted by Gasteiger charge is -2.42. The number of hydrogen-bond acceptors (Lipinski definition) is 4. The summed E-state index contributed by atoms with van der Waals surface area (Å²) >= 11 is 3.39. The highest BCUT2D eigenvalue weighted by Crippen LogP contribution is 2.38. The SMILES string of the molecule is CN(C(=O)OC(C)(C)C)[C@H]1C[C@H](n2cc(C#N)c3ccc(Br)nc32)C1. The van der Waals surface area contributed by atoms with Gasteiger partial charge in [0.25, 0.3) is 0 Å². The van der Waals surface area contributed by atoms with E-state index in [2.05, 4.69) is 31.6 Å². The van der Waals surface area contributed by atoms with Crippen molar-refractivity contribution >= 4 is 33.1 Å². The van der Waals surface area contributed by atoms with Gasteiger partial charge >= 0.3 is 6.09 Å². The average Bonchev–Trinajstić information content (AvgIpc) is 2.81. The van der Waals surface area contributed by atoms with E-state index in [-0.39, 0.29) is 18.2 Å². The molecular formula is C18H21BrN4O2. The van der Waals surface area contributed by atoms with Gasteiger partial charge in [0.1, 0.15) is 21.9 Å². The second kappa shape index (κ2) is 6.34. The van der Waals surface area contributed by atoms with Gasteiger partial charge in [-0.05, 0) is 61.7 Å². The fourth-order valence-corrected chi connectivity index (χ4v) is 3.36. The molecule has 1 saturated carbocycles. The molecule has 1 fully saturated rings. The zero-order chi connectivity index (χ0) is 18.4. The number of fused-ring (bicyclic) bond motifs is 1. The summed E-state index contributed by atoms with van der Waals surface area (Å²) in [7, 11) is 1.78. The second-order valence-electron chi connectivity index (χ2n) is 7.44. The van der Waals surface area contributed by atoms with Gasteiger partial charge in [0.2, 0.25) is 0 Å². The smallest absolute Gasteiger partial charge is 0.410 e. The van der Waals surface area contributed by atoms with E-state index in [0.717, 1.165) is 28.5 Å². The van der Waals surface area contributed by atoms with Crippen molar-refractivity contribution in [3.63, 3.8) is 0 Å². The molecule has 0 spiro atoms. The van der Waals surface area contributed by atoms with Crippen LogP contribution in [0.3, 0.4) is 0 Å². The first kappa shape index (κ1) is 17.7. The van der Waals surface area contributed by atoms with Crippen LogP contribution in [0.1, 0.15) is 45.2 Å². The molecular weight excluding hydrogens is 384 g/mol. The van der Waals surface area contributed by atoms with Crippen LogP contribution in [-0.4, -0.2) is 39.2 Å². The molecule has 0 saturated heterocycles.